The van der Waals surface area contributed by atoms with E-state index in [1.807, 2.05) is 29.2 Å². The van der Waals surface area contributed by atoms with Gasteiger partial charge in [0.1, 0.15) is 17.6 Å². The lowest BCUT2D eigenvalue weighted by atomic mass is 10.1. The van der Waals surface area contributed by atoms with Crippen molar-refractivity contribution >= 4 is 11.6 Å². The van der Waals surface area contributed by atoms with E-state index in [4.69, 9.17) is 9.15 Å². The molecule has 2 aromatic carbocycles. The molecule has 0 bridgehead atoms. The van der Waals surface area contributed by atoms with Crippen LogP contribution in [0.5, 0.6) is 5.75 Å². The molecule has 4 rings (SSSR count). The predicted octanol–water partition coefficient (Wildman–Crippen LogP) is 3.61. The van der Waals surface area contributed by atoms with Gasteiger partial charge < -0.3 is 19.0 Å². The van der Waals surface area contributed by atoms with Crippen LogP contribution in [0.2, 0.25) is 0 Å². The molecule has 0 amide bonds. The highest BCUT2D eigenvalue weighted by Gasteiger charge is 2.24. The lowest BCUT2D eigenvalue weighted by molar-refractivity contribution is 0.414. The van der Waals surface area contributed by atoms with E-state index in [1.165, 1.54) is 12.1 Å². The molecule has 7 heteroatoms. The van der Waals surface area contributed by atoms with Crippen molar-refractivity contribution in [1.82, 2.24) is 4.98 Å². The summed E-state index contributed by atoms with van der Waals surface area (Å²) in [5.74, 6) is 1.59. The second-order valence-corrected chi connectivity index (χ2v) is 6.85. The van der Waals surface area contributed by atoms with Crippen LogP contribution in [0.1, 0.15) is 17.1 Å². The van der Waals surface area contributed by atoms with Crippen molar-refractivity contribution < 1.29 is 13.5 Å². The first kappa shape index (κ1) is 18.8. The largest absolute Gasteiger partial charge is 0.497 e. The van der Waals surface area contributed by atoms with Gasteiger partial charge in [-0.3, -0.25) is 0 Å². The molecule has 29 heavy (non-hydrogen) atoms. The fraction of sp³-hybridized carbons (Fsp3) is 0.273. The number of piperazine rings is 1. The quantitative estimate of drug-likeness (QED) is 0.661. The first-order valence-corrected chi connectivity index (χ1v) is 9.44. The van der Waals surface area contributed by atoms with Gasteiger partial charge in [-0.2, -0.15) is 5.26 Å². The van der Waals surface area contributed by atoms with Crippen molar-refractivity contribution in [2.24, 2.45) is 0 Å². The highest BCUT2D eigenvalue weighted by atomic mass is 19.1. The Bertz CT molecular complexity index is 1000. The SMILES string of the molecule is COc1ccc(Cc2nc(C#N)c(N3CCN(c4ccc(F)cc4)CC3)o2)cc1. The summed E-state index contributed by atoms with van der Waals surface area (Å²) in [5, 5.41) is 9.49. The molecule has 0 N–H and O–H groups in total. The van der Waals surface area contributed by atoms with Crippen LogP contribution < -0.4 is 14.5 Å². The molecule has 1 aromatic heterocycles. The number of nitriles is 1. The summed E-state index contributed by atoms with van der Waals surface area (Å²) >= 11 is 0. The molecule has 148 valence electrons. The highest BCUT2D eigenvalue weighted by Crippen LogP contribution is 2.26. The number of oxazole rings is 1. The molecule has 0 unspecified atom stereocenters. The van der Waals surface area contributed by atoms with Crippen LogP contribution in [0.15, 0.2) is 52.9 Å². The van der Waals surface area contributed by atoms with Crippen LogP contribution in [0, 0.1) is 17.1 Å². The molecule has 0 saturated carbocycles. The molecule has 0 radical (unpaired) electrons. The zero-order valence-electron chi connectivity index (χ0n) is 16.1. The predicted molar refractivity (Wildman–Crippen MR) is 108 cm³/mol. The first-order valence-electron chi connectivity index (χ1n) is 9.44. The van der Waals surface area contributed by atoms with E-state index in [2.05, 4.69) is 16.0 Å². The number of hydrogen-bond donors (Lipinski definition) is 0. The Labute approximate surface area is 168 Å². The zero-order chi connectivity index (χ0) is 20.2. The van der Waals surface area contributed by atoms with Crippen molar-refractivity contribution in [3.63, 3.8) is 0 Å². The van der Waals surface area contributed by atoms with E-state index in [0.29, 0.717) is 37.0 Å². The smallest absolute Gasteiger partial charge is 0.234 e. The molecule has 6 nitrogen and oxygen atoms in total. The van der Waals surface area contributed by atoms with Gasteiger partial charge in [-0.1, -0.05) is 12.1 Å². The van der Waals surface area contributed by atoms with Crippen molar-refractivity contribution in [2.75, 3.05) is 43.1 Å². The van der Waals surface area contributed by atoms with Gasteiger partial charge >= 0.3 is 0 Å². The Balaban J connectivity index is 1.44. The number of anilines is 2. The monoisotopic (exact) mass is 392 g/mol. The van der Waals surface area contributed by atoms with Crippen LogP contribution in [0.25, 0.3) is 0 Å². The summed E-state index contributed by atoms with van der Waals surface area (Å²) in [4.78, 5) is 8.61. The molecule has 1 fully saturated rings. The minimum Gasteiger partial charge on any atom is -0.497 e. The Morgan fingerprint density at radius 2 is 1.69 bits per heavy atom. The normalized spacial score (nSPS) is 14.0. The lowest BCUT2D eigenvalue weighted by Gasteiger charge is -2.35. The average molecular weight is 392 g/mol. The maximum Gasteiger partial charge on any atom is 0.234 e. The molecule has 0 atom stereocenters. The molecule has 0 spiro atoms. The maximum absolute atomic E-state index is 13.1. The zero-order valence-corrected chi connectivity index (χ0v) is 16.1. The summed E-state index contributed by atoms with van der Waals surface area (Å²) in [6.07, 6.45) is 0.508. The molecule has 1 saturated heterocycles. The van der Waals surface area contributed by atoms with Crippen LogP contribution >= 0.6 is 0 Å². The third-order valence-corrected chi connectivity index (χ3v) is 5.03. The molecule has 1 aliphatic rings. The van der Waals surface area contributed by atoms with Crippen molar-refractivity contribution in [1.29, 1.82) is 5.26 Å². The second-order valence-electron chi connectivity index (χ2n) is 6.85. The van der Waals surface area contributed by atoms with Gasteiger partial charge in [0, 0.05) is 38.3 Å². The number of methoxy groups -OCH3 is 1. The van der Waals surface area contributed by atoms with Gasteiger partial charge in [-0.05, 0) is 42.0 Å². The molecule has 0 aliphatic carbocycles. The van der Waals surface area contributed by atoms with Gasteiger partial charge in [0.15, 0.2) is 0 Å². The molecular formula is C22H21FN4O2. The Kier molecular flexibility index (Phi) is 5.34. The Morgan fingerprint density at radius 1 is 1.03 bits per heavy atom. The van der Waals surface area contributed by atoms with E-state index < -0.39 is 0 Å². The Morgan fingerprint density at radius 3 is 2.31 bits per heavy atom. The van der Waals surface area contributed by atoms with Crippen LogP contribution in [0.3, 0.4) is 0 Å². The fourth-order valence-corrected chi connectivity index (χ4v) is 3.46. The number of benzene rings is 2. The summed E-state index contributed by atoms with van der Waals surface area (Å²) < 4.78 is 24.3. The lowest BCUT2D eigenvalue weighted by Crippen LogP contribution is -2.46. The fourth-order valence-electron chi connectivity index (χ4n) is 3.46. The van der Waals surface area contributed by atoms with Crippen molar-refractivity contribution in [2.45, 2.75) is 6.42 Å². The van der Waals surface area contributed by atoms with E-state index >= 15 is 0 Å². The number of halogens is 1. The first-order chi connectivity index (χ1) is 14.2. The number of rotatable bonds is 5. The van der Waals surface area contributed by atoms with E-state index in [1.54, 1.807) is 19.2 Å². The Hall–Kier alpha value is -3.53. The summed E-state index contributed by atoms with van der Waals surface area (Å²) in [6.45, 7) is 2.91. The van der Waals surface area contributed by atoms with Gasteiger partial charge in [0.05, 0.1) is 7.11 Å². The van der Waals surface area contributed by atoms with Crippen LogP contribution in [0.4, 0.5) is 16.0 Å². The number of aromatic nitrogens is 1. The third-order valence-electron chi connectivity index (χ3n) is 5.03. The minimum absolute atomic E-state index is 0.239. The summed E-state index contributed by atoms with van der Waals surface area (Å²) in [7, 11) is 1.63. The number of hydrogen-bond acceptors (Lipinski definition) is 6. The third kappa shape index (κ3) is 4.16. The van der Waals surface area contributed by atoms with Gasteiger partial charge in [-0.25, -0.2) is 9.37 Å². The van der Waals surface area contributed by atoms with E-state index in [9.17, 15) is 9.65 Å². The highest BCUT2D eigenvalue weighted by molar-refractivity contribution is 5.52. The molecular weight excluding hydrogens is 371 g/mol. The van der Waals surface area contributed by atoms with Crippen molar-refractivity contribution in [3.05, 3.63) is 71.5 Å². The molecule has 3 aromatic rings. The van der Waals surface area contributed by atoms with Crippen LogP contribution in [-0.4, -0.2) is 38.3 Å². The van der Waals surface area contributed by atoms with E-state index in [0.717, 1.165) is 30.1 Å². The van der Waals surface area contributed by atoms with Gasteiger partial charge in [0.25, 0.3) is 0 Å². The van der Waals surface area contributed by atoms with Gasteiger partial charge in [-0.15, -0.1) is 0 Å². The standard InChI is InChI=1S/C22H21FN4O2/c1-28-19-8-2-16(3-9-19)14-21-25-20(15-24)22(29-21)27-12-10-26(11-13-27)18-6-4-17(23)5-7-18/h2-9H,10-14H2,1H3. The maximum atomic E-state index is 13.1. The minimum atomic E-state index is -0.239. The van der Waals surface area contributed by atoms with Crippen molar-refractivity contribution in [3.8, 4) is 11.8 Å². The summed E-state index contributed by atoms with van der Waals surface area (Å²) in [5.41, 5.74) is 2.33. The van der Waals surface area contributed by atoms with Crippen LogP contribution in [-0.2, 0) is 6.42 Å². The average Bonchev–Trinajstić information content (AvgIpc) is 3.18. The molecule has 2 heterocycles. The number of nitrogens with zero attached hydrogens (tertiary/aromatic N) is 4. The second kappa shape index (κ2) is 8.23. The van der Waals surface area contributed by atoms with E-state index in [-0.39, 0.29) is 5.82 Å². The van der Waals surface area contributed by atoms with Gasteiger partial charge in [0.2, 0.25) is 17.5 Å². The topological polar surface area (TPSA) is 65.5 Å². The molecule has 1 aliphatic heterocycles. The summed E-state index contributed by atoms with van der Waals surface area (Å²) in [6, 6.07) is 16.3. The number of ether oxygens (including phenoxy) is 1.